The molecule has 0 aliphatic heterocycles. The predicted octanol–water partition coefficient (Wildman–Crippen LogP) is 2.92. The summed E-state index contributed by atoms with van der Waals surface area (Å²) < 4.78 is 11.0. The van der Waals surface area contributed by atoms with Gasteiger partial charge in [0.1, 0.15) is 6.20 Å². The zero-order chi connectivity index (χ0) is 19.9. The Balaban J connectivity index is 1.65. The van der Waals surface area contributed by atoms with E-state index in [-0.39, 0.29) is 24.8 Å². The van der Waals surface area contributed by atoms with Crippen molar-refractivity contribution < 1.29 is 18.9 Å². The number of pyridine rings is 1. The Labute approximate surface area is 163 Å². The molecule has 0 saturated heterocycles. The fourth-order valence-electron chi connectivity index (χ4n) is 2.41. The highest BCUT2D eigenvalue weighted by Gasteiger charge is 2.21. The third kappa shape index (κ3) is 4.68. The minimum atomic E-state index is -0.659. The molecule has 0 aromatic carbocycles. The van der Waals surface area contributed by atoms with Gasteiger partial charge in [0.05, 0.1) is 11.4 Å². The van der Waals surface area contributed by atoms with Crippen molar-refractivity contribution in [1.29, 1.82) is 0 Å². The van der Waals surface area contributed by atoms with Gasteiger partial charge in [-0.25, -0.2) is 0 Å². The molecule has 0 spiro atoms. The normalized spacial score (nSPS) is 10.6. The van der Waals surface area contributed by atoms with Crippen molar-refractivity contribution in [3.8, 4) is 16.5 Å². The molecule has 0 N–H and O–H groups in total. The molecule has 0 saturated carbocycles. The molecule has 0 radical (unpaired) electrons. The second kappa shape index (κ2) is 9.04. The van der Waals surface area contributed by atoms with Crippen molar-refractivity contribution in [2.24, 2.45) is 0 Å². The zero-order valence-corrected chi connectivity index (χ0v) is 15.8. The molecule has 10 nitrogen and oxygen atoms in total. The van der Waals surface area contributed by atoms with Crippen LogP contribution in [0.25, 0.3) is 10.8 Å². The highest BCUT2D eigenvalue weighted by molar-refractivity contribution is 7.13. The van der Waals surface area contributed by atoms with Gasteiger partial charge in [0.2, 0.25) is 11.6 Å². The number of carbonyl (C=O) groups excluding carboxylic acids is 1. The Morgan fingerprint density at radius 3 is 2.93 bits per heavy atom. The SMILES string of the molecule is CCCN(Cc1nnc(-c2cccs2)o1)C(=O)COc1cccnc1[N+](=O)[O-]. The van der Waals surface area contributed by atoms with Crippen molar-refractivity contribution >= 4 is 23.1 Å². The number of carbonyl (C=O) groups is 1. The molecular weight excluding hydrogens is 386 g/mol. The van der Waals surface area contributed by atoms with E-state index in [9.17, 15) is 14.9 Å². The van der Waals surface area contributed by atoms with Crippen molar-refractivity contribution in [3.05, 3.63) is 51.8 Å². The first-order valence-corrected chi connectivity index (χ1v) is 9.32. The molecule has 0 aliphatic rings. The summed E-state index contributed by atoms with van der Waals surface area (Å²) in [7, 11) is 0. The second-order valence-corrected chi connectivity index (χ2v) is 6.61. The Hall–Kier alpha value is -3.34. The van der Waals surface area contributed by atoms with E-state index in [0.29, 0.717) is 24.7 Å². The predicted molar refractivity (Wildman–Crippen MR) is 99.7 cm³/mol. The number of rotatable bonds is 9. The second-order valence-electron chi connectivity index (χ2n) is 5.66. The van der Waals surface area contributed by atoms with Crippen LogP contribution in [0.4, 0.5) is 5.82 Å². The molecule has 0 aliphatic carbocycles. The van der Waals surface area contributed by atoms with Crippen LogP contribution < -0.4 is 4.74 Å². The van der Waals surface area contributed by atoms with Crippen molar-refractivity contribution in [2.45, 2.75) is 19.9 Å². The average molecular weight is 403 g/mol. The smallest absolute Gasteiger partial charge is 0.406 e. The Bertz CT molecular complexity index is 943. The van der Waals surface area contributed by atoms with Gasteiger partial charge < -0.3 is 24.2 Å². The first kappa shape index (κ1) is 19.4. The molecule has 3 rings (SSSR count). The molecular formula is C17H17N5O5S. The minimum absolute atomic E-state index is 0.0601. The van der Waals surface area contributed by atoms with Crippen LogP contribution in [0.3, 0.4) is 0 Å². The first-order valence-electron chi connectivity index (χ1n) is 8.44. The lowest BCUT2D eigenvalue weighted by Crippen LogP contribution is -2.35. The summed E-state index contributed by atoms with van der Waals surface area (Å²) in [5.41, 5.74) is 0. The van der Waals surface area contributed by atoms with Gasteiger partial charge in [-0.3, -0.25) is 4.79 Å². The number of thiophene rings is 1. The quantitative estimate of drug-likeness (QED) is 0.394. The molecule has 0 fully saturated rings. The number of hydrogen-bond donors (Lipinski definition) is 0. The van der Waals surface area contributed by atoms with E-state index >= 15 is 0 Å². The van der Waals surface area contributed by atoms with E-state index in [2.05, 4.69) is 15.2 Å². The Morgan fingerprint density at radius 2 is 2.21 bits per heavy atom. The number of nitrogens with zero attached hydrogens (tertiary/aromatic N) is 5. The van der Waals surface area contributed by atoms with Gasteiger partial charge in [0.25, 0.3) is 11.8 Å². The van der Waals surface area contributed by atoms with E-state index in [1.165, 1.54) is 34.6 Å². The van der Waals surface area contributed by atoms with Gasteiger partial charge in [0.15, 0.2) is 6.61 Å². The van der Waals surface area contributed by atoms with E-state index in [1.54, 1.807) is 0 Å². The summed E-state index contributed by atoms with van der Waals surface area (Å²) in [6, 6.07) is 6.65. The number of amides is 1. The van der Waals surface area contributed by atoms with Crippen LogP contribution in [0.5, 0.6) is 5.75 Å². The fourth-order valence-corrected chi connectivity index (χ4v) is 3.05. The van der Waals surface area contributed by atoms with Crippen LogP contribution in [0.15, 0.2) is 40.3 Å². The topological polar surface area (TPSA) is 124 Å². The average Bonchev–Trinajstić information content (AvgIpc) is 3.37. The Kier molecular flexibility index (Phi) is 6.27. The standard InChI is InChI=1S/C17H17N5O5S/c1-2-8-21(10-14-19-20-17(27-14)13-6-4-9-28-13)15(23)11-26-12-5-3-7-18-16(12)22(24)25/h3-7,9H,2,8,10-11H2,1H3. The third-order valence-electron chi connectivity index (χ3n) is 3.65. The van der Waals surface area contributed by atoms with Crippen LogP contribution in [-0.2, 0) is 11.3 Å². The van der Waals surface area contributed by atoms with Gasteiger partial charge in [0, 0.05) is 6.54 Å². The molecule has 28 heavy (non-hydrogen) atoms. The summed E-state index contributed by atoms with van der Waals surface area (Å²) in [5.74, 6) is -0.144. The van der Waals surface area contributed by atoms with E-state index < -0.39 is 10.7 Å². The fraction of sp³-hybridized carbons (Fsp3) is 0.294. The van der Waals surface area contributed by atoms with Crippen LogP contribution in [0.2, 0.25) is 0 Å². The molecule has 1 amide bonds. The molecule has 146 valence electrons. The summed E-state index contributed by atoms with van der Waals surface area (Å²) in [4.78, 5) is 28.9. The van der Waals surface area contributed by atoms with Crippen molar-refractivity contribution in [1.82, 2.24) is 20.1 Å². The van der Waals surface area contributed by atoms with Crippen LogP contribution in [0, 0.1) is 10.1 Å². The van der Waals surface area contributed by atoms with Crippen molar-refractivity contribution in [2.75, 3.05) is 13.2 Å². The lowest BCUT2D eigenvalue weighted by Gasteiger charge is -2.20. The number of aromatic nitrogens is 3. The van der Waals surface area contributed by atoms with E-state index in [0.717, 1.165) is 4.88 Å². The first-order chi connectivity index (χ1) is 13.6. The highest BCUT2D eigenvalue weighted by atomic mass is 32.1. The van der Waals surface area contributed by atoms with Crippen LogP contribution in [0.1, 0.15) is 19.2 Å². The summed E-state index contributed by atoms with van der Waals surface area (Å²) in [6.45, 7) is 2.15. The monoisotopic (exact) mass is 403 g/mol. The summed E-state index contributed by atoms with van der Waals surface area (Å²) in [6.07, 6.45) is 2.00. The molecule has 3 aromatic rings. The largest absolute Gasteiger partial charge is 0.476 e. The molecule has 11 heteroatoms. The molecule has 3 aromatic heterocycles. The molecule has 0 bridgehead atoms. The number of ether oxygens (including phenoxy) is 1. The summed E-state index contributed by atoms with van der Waals surface area (Å²) >= 11 is 1.48. The number of hydrogen-bond acceptors (Lipinski definition) is 9. The molecule has 3 heterocycles. The van der Waals surface area contributed by atoms with Gasteiger partial charge in [-0.05, 0) is 39.9 Å². The van der Waals surface area contributed by atoms with Gasteiger partial charge in [-0.2, -0.15) is 0 Å². The van der Waals surface area contributed by atoms with Crippen LogP contribution in [-0.4, -0.2) is 44.1 Å². The minimum Gasteiger partial charge on any atom is -0.476 e. The lowest BCUT2D eigenvalue weighted by atomic mass is 10.3. The van der Waals surface area contributed by atoms with E-state index in [4.69, 9.17) is 9.15 Å². The lowest BCUT2D eigenvalue weighted by molar-refractivity contribution is -0.390. The van der Waals surface area contributed by atoms with Crippen LogP contribution >= 0.6 is 11.3 Å². The molecule has 0 atom stereocenters. The maximum atomic E-state index is 12.6. The van der Waals surface area contributed by atoms with Gasteiger partial charge in [-0.15, -0.1) is 21.5 Å². The third-order valence-corrected chi connectivity index (χ3v) is 4.50. The molecule has 0 unspecified atom stereocenters. The van der Waals surface area contributed by atoms with Gasteiger partial charge >= 0.3 is 5.82 Å². The Morgan fingerprint density at radius 1 is 1.36 bits per heavy atom. The summed E-state index contributed by atoms with van der Waals surface area (Å²) in [5, 5.41) is 20.9. The van der Waals surface area contributed by atoms with Gasteiger partial charge in [-0.1, -0.05) is 13.0 Å². The zero-order valence-electron chi connectivity index (χ0n) is 15.0. The van der Waals surface area contributed by atoms with E-state index in [1.807, 2.05) is 24.4 Å². The maximum Gasteiger partial charge on any atom is 0.406 e. The van der Waals surface area contributed by atoms with Crippen molar-refractivity contribution in [3.63, 3.8) is 0 Å². The highest BCUT2D eigenvalue weighted by Crippen LogP contribution is 2.24. The number of nitro groups is 1. The maximum absolute atomic E-state index is 12.6.